The maximum atomic E-state index is 12.3. The van der Waals surface area contributed by atoms with Crippen LogP contribution in [0.4, 0.5) is 0 Å². The van der Waals surface area contributed by atoms with Crippen molar-refractivity contribution in [2.24, 2.45) is 5.92 Å². The maximum absolute atomic E-state index is 12.3. The van der Waals surface area contributed by atoms with Crippen LogP contribution in [-0.2, 0) is 4.79 Å². The molecule has 0 radical (unpaired) electrons. The molecule has 2 aliphatic heterocycles. The molecule has 0 aromatic rings. The van der Waals surface area contributed by atoms with E-state index >= 15 is 0 Å². The van der Waals surface area contributed by atoms with Gasteiger partial charge < -0.3 is 4.90 Å². The van der Waals surface area contributed by atoms with E-state index in [1.807, 2.05) is 0 Å². The van der Waals surface area contributed by atoms with Crippen LogP contribution in [0.3, 0.4) is 0 Å². The van der Waals surface area contributed by atoms with E-state index in [-0.39, 0.29) is 0 Å². The Morgan fingerprint density at radius 3 is 2.80 bits per heavy atom. The first kappa shape index (κ1) is 9.64. The number of carbonyl (C=O) groups is 1. The number of carbonyl (C=O) groups excluding carboxylic acids is 1. The highest BCUT2D eigenvalue weighted by Gasteiger charge is 2.42. The average molecular weight is 208 g/mol. The fourth-order valence-corrected chi connectivity index (χ4v) is 3.45. The summed E-state index contributed by atoms with van der Waals surface area (Å²) in [5.41, 5.74) is 0. The van der Waals surface area contributed by atoms with E-state index in [0.29, 0.717) is 24.0 Å². The Labute approximate surface area is 91.2 Å². The number of amides is 1. The van der Waals surface area contributed by atoms with Gasteiger partial charge in [0.05, 0.1) is 12.1 Å². The minimum atomic E-state index is 0.299. The van der Waals surface area contributed by atoms with E-state index in [9.17, 15) is 4.79 Å². The van der Waals surface area contributed by atoms with Gasteiger partial charge in [0.15, 0.2) is 0 Å². The van der Waals surface area contributed by atoms with Crippen LogP contribution in [0.2, 0.25) is 0 Å². The fourth-order valence-electron chi connectivity index (χ4n) is 3.45. The number of rotatable bonds is 0. The molecule has 0 bridgehead atoms. The van der Waals surface area contributed by atoms with Crippen LogP contribution in [0.15, 0.2) is 0 Å². The zero-order valence-electron chi connectivity index (χ0n) is 9.24. The van der Waals surface area contributed by atoms with E-state index < -0.39 is 0 Å². The van der Waals surface area contributed by atoms with Crippen molar-refractivity contribution in [1.29, 1.82) is 0 Å². The van der Waals surface area contributed by atoms with Gasteiger partial charge in [0.1, 0.15) is 0 Å². The SMILES string of the molecule is O=C1C2CCCCC2NC2CCCCN12. The summed E-state index contributed by atoms with van der Waals surface area (Å²) in [6.07, 6.45) is 8.86. The molecule has 3 rings (SSSR count). The predicted molar refractivity (Wildman–Crippen MR) is 58.2 cm³/mol. The van der Waals surface area contributed by atoms with Crippen molar-refractivity contribution >= 4 is 5.91 Å². The zero-order chi connectivity index (χ0) is 10.3. The maximum Gasteiger partial charge on any atom is 0.228 e. The van der Waals surface area contributed by atoms with Crippen molar-refractivity contribution in [2.75, 3.05) is 6.54 Å². The van der Waals surface area contributed by atoms with Gasteiger partial charge in [-0.1, -0.05) is 12.8 Å². The van der Waals surface area contributed by atoms with Crippen molar-refractivity contribution in [2.45, 2.75) is 57.2 Å². The Morgan fingerprint density at radius 1 is 1.07 bits per heavy atom. The van der Waals surface area contributed by atoms with Crippen LogP contribution < -0.4 is 5.32 Å². The van der Waals surface area contributed by atoms with Crippen LogP contribution in [0.1, 0.15) is 44.9 Å². The number of hydrogen-bond acceptors (Lipinski definition) is 2. The molecular formula is C12H20N2O. The molecule has 3 unspecified atom stereocenters. The summed E-state index contributed by atoms with van der Waals surface area (Å²) in [6.45, 7) is 0.986. The van der Waals surface area contributed by atoms with Gasteiger partial charge in [0.2, 0.25) is 5.91 Å². The van der Waals surface area contributed by atoms with E-state index in [1.165, 1.54) is 32.1 Å². The number of piperidine rings is 1. The summed E-state index contributed by atoms with van der Waals surface area (Å²) < 4.78 is 0. The lowest BCUT2D eigenvalue weighted by Gasteiger charge is -2.48. The van der Waals surface area contributed by atoms with Gasteiger partial charge in [-0.25, -0.2) is 0 Å². The molecule has 3 fully saturated rings. The normalized spacial score (nSPS) is 40.9. The second-order valence-corrected chi connectivity index (χ2v) is 5.21. The Bertz CT molecular complexity index is 242. The standard InChI is InChI=1S/C12H20N2O/c15-12-9-5-1-2-6-10(9)13-11-7-3-4-8-14(11)12/h9-11,13H,1-8H2. The molecule has 3 heteroatoms. The fraction of sp³-hybridized carbons (Fsp3) is 0.917. The van der Waals surface area contributed by atoms with E-state index in [2.05, 4.69) is 10.2 Å². The lowest BCUT2D eigenvalue weighted by molar-refractivity contribution is -0.148. The molecule has 3 nitrogen and oxygen atoms in total. The first-order valence-corrected chi connectivity index (χ1v) is 6.43. The first-order valence-electron chi connectivity index (χ1n) is 6.43. The number of hydrogen-bond donors (Lipinski definition) is 1. The third kappa shape index (κ3) is 1.57. The topological polar surface area (TPSA) is 32.3 Å². The quantitative estimate of drug-likeness (QED) is 0.654. The molecule has 84 valence electrons. The molecule has 0 aromatic carbocycles. The first-order chi connectivity index (χ1) is 7.36. The Kier molecular flexibility index (Phi) is 2.43. The lowest BCUT2D eigenvalue weighted by Crippen LogP contribution is -2.64. The highest BCUT2D eigenvalue weighted by atomic mass is 16.2. The molecule has 0 spiro atoms. The highest BCUT2D eigenvalue weighted by Crippen LogP contribution is 2.32. The highest BCUT2D eigenvalue weighted by molar-refractivity contribution is 5.81. The summed E-state index contributed by atoms with van der Waals surface area (Å²) in [7, 11) is 0. The molecule has 0 aromatic heterocycles. The van der Waals surface area contributed by atoms with Gasteiger partial charge in [-0.3, -0.25) is 10.1 Å². The average Bonchev–Trinajstić information content (AvgIpc) is 2.30. The lowest BCUT2D eigenvalue weighted by atomic mass is 9.80. The van der Waals surface area contributed by atoms with Gasteiger partial charge in [0, 0.05) is 12.6 Å². The van der Waals surface area contributed by atoms with E-state index in [1.54, 1.807) is 0 Å². The molecule has 3 aliphatic rings. The summed E-state index contributed by atoms with van der Waals surface area (Å²) in [6, 6.07) is 0.491. The van der Waals surface area contributed by atoms with Crippen molar-refractivity contribution in [3.8, 4) is 0 Å². The summed E-state index contributed by atoms with van der Waals surface area (Å²) in [5.74, 6) is 0.747. The van der Waals surface area contributed by atoms with E-state index in [0.717, 1.165) is 19.4 Å². The Hall–Kier alpha value is -0.570. The minimum absolute atomic E-state index is 0.299. The summed E-state index contributed by atoms with van der Waals surface area (Å²) in [5, 5.41) is 3.69. The van der Waals surface area contributed by atoms with Crippen molar-refractivity contribution in [3.05, 3.63) is 0 Å². The third-order valence-corrected chi connectivity index (χ3v) is 4.28. The van der Waals surface area contributed by atoms with Crippen LogP contribution >= 0.6 is 0 Å². The zero-order valence-corrected chi connectivity index (χ0v) is 9.24. The molecule has 2 heterocycles. The van der Waals surface area contributed by atoms with Gasteiger partial charge in [-0.05, 0) is 32.1 Å². The number of fused-ring (bicyclic) bond motifs is 2. The summed E-state index contributed by atoms with van der Waals surface area (Å²) in [4.78, 5) is 14.4. The largest absolute Gasteiger partial charge is 0.327 e. The molecule has 1 amide bonds. The van der Waals surface area contributed by atoms with Crippen LogP contribution in [0.25, 0.3) is 0 Å². The molecule has 3 atom stereocenters. The van der Waals surface area contributed by atoms with Crippen molar-refractivity contribution in [3.63, 3.8) is 0 Å². The molecule has 15 heavy (non-hydrogen) atoms. The van der Waals surface area contributed by atoms with Crippen LogP contribution in [0, 0.1) is 5.92 Å². The van der Waals surface area contributed by atoms with E-state index in [4.69, 9.17) is 0 Å². The molecule has 1 aliphatic carbocycles. The van der Waals surface area contributed by atoms with Crippen molar-refractivity contribution < 1.29 is 4.79 Å². The minimum Gasteiger partial charge on any atom is -0.327 e. The number of nitrogens with zero attached hydrogens (tertiary/aromatic N) is 1. The second-order valence-electron chi connectivity index (χ2n) is 5.21. The summed E-state index contributed by atoms with van der Waals surface area (Å²) >= 11 is 0. The predicted octanol–water partition coefficient (Wildman–Crippen LogP) is 1.49. The van der Waals surface area contributed by atoms with Gasteiger partial charge in [0.25, 0.3) is 0 Å². The van der Waals surface area contributed by atoms with Crippen molar-refractivity contribution in [1.82, 2.24) is 10.2 Å². The Balaban J connectivity index is 1.79. The molecule has 2 saturated heterocycles. The molecule has 1 saturated carbocycles. The monoisotopic (exact) mass is 208 g/mol. The second kappa shape index (κ2) is 3.78. The van der Waals surface area contributed by atoms with Gasteiger partial charge >= 0.3 is 0 Å². The Morgan fingerprint density at radius 2 is 1.87 bits per heavy atom. The molecular weight excluding hydrogens is 188 g/mol. The third-order valence-electron chi connectivity index (χ3n) is 4.28. The van der Waals surface area contributed by atoms with Gasteiger partial charge in [-0.15, -0.1) is 0 Å². The number of nitrogens with one attached hydrogen (secondary N) is 1. The van der Waals surface area contributed by atoms with Crippen LogP contribution in [0.5, 0.6) is 0 Å². The smallest absolute Gasteiger partial charge is 0.228 e. The van der Waals surface area contributed by atoms with Gasteiger partial charge in [-0.2, -0.15) is 0 Å². The van der Waals surface area contributed by atoms with Crippen LogP contribution in [-0.4, -0.2) is 29.6 Å². The molecule has 1 N–H and O–H groups in total.